The summed E-state index contributed by atoms with van der Waals surface area (Å²) in [5.41, 5.74) is 0.724. The summed E-state index contributed by atoms with van der Waals surface area (Å²) < 4.78 is 18.1. The summed E-state index contributed by atoms with van der Waals surface area (Å²) in [5.74, 6) is -2.12. The largest absolute Gasteiger partial charge is 0.465 e. The molecule has 0 spiro atoms. The molecule has 1 heterocycles. The second-order valence-corrected chi connectivity index (χ2v) is 5.48. The number of hydrazone groups is 1. The van der Waals surface area contributed by atoms with Gasteiger partial charge in [-0.1, -0.05) is 0 Å². The summed E-state index contributed by atoms with van der Waals surface area (Å²) in [7, 11) is 0. The smallest absolute Gasteiger partial charge is 0.318 e. The van der Waals surface area contributed by atoms with Crippen molar-refractivity contribution in [3.63, 3.8) is 0 Å². The molecule has 0 saturated heterocycles. The summed E-state index contributed by atoms with van der Waals surface area (Å²) >= 11 is 0. The number of ether oxygens (including phenoxy) is 1. The molecule has 116 valence electrons. The molecular weight excluding hydrogens is 287 g/mol. The van der Waals surface area contributed by atoms with Crippen LogP contribution in [0.1, 0.15) is 25.3 Å². The zero-order valence-electron chi connectivity index (χ0n) is 12.3. The van der Waals surface area contributed by atoms with Crippen LogP contribution in [0.2, 0.25) is 0 Å². The van der Waals surface area contributed by atoms with Crippen LogP contribution in [0.15, 0.2) is 29.4 Å². The first-order valence-corrected chi connectivity index (χ1v) is 7.42. The number of hydrogen-bond donors (Lipinski definition) is 0. The lowest BCUT2D eigenvalue weighted by Gasteiger charge is -2.29. The Morgan fingerprint density at radius 2 is 2.05 bits per heavy atom. The Morgan fingerprint density at radius 3 is 2.64 bits per heavy atom. The lowest BCUT2D eigenvalue weighted by atomic mass is 9.94. The van der Waals surface area contributed by atoms with E-state index in [4.69, 9.17) is 4.74 Å². The molecule has 0 bridgehead atoms. The number of hydrogen-bond acceptors (Lipinski definition) is 5. The maximum atomic E-state index is 13.1. The molecule has 1 unspecified atom stereocenters. The standard InChI is InChI=1S/C16H17FN2O3/c1-2-22-16(21)13-9-19(12-7-8-12)18-14(15(13)20)10-3-5-11(17)6-4-10/h3-6,12-13H,2,7-9H2,1H3. The highest BCUT2D eigenvalue weighted by molar-refractivity contribution is 6.49. The quantitative estimate of drug-likeness (QED) is 0.628. The van der Waals surface area contributed by atoms with Gasteiger partial charge in [-0.05, 0) is 44.0 Å². The molecule has 22 heavy (non-hydrogen) atoms. The normalized spacial score (nSPS) is 21.5. The van der Waals surface area contributed by atoms with Crippen LogP contribution in [0.4, 0.5) is 4.39 Å². The van der Waals surface area contributed by atoms with Crippen molar-refractivity contribution < 1.29 is 18.7 Å². The minimum Gasteiger partial charge on any atom is -0.465 e. The van der Waals surface area contributed by atoms with Gasteiger partial charge < -0.3 is 4.74 Å². The molecule has 2 aliphatic rings. The monoisotopic (exact) mass is 304 g/mol. The van der Waals surface area contributed by atoms with Gasteiger partial charge in [0, 0.05) is 11.6 Å². The number of Topliss-reactive ketones (excluding diaryl/α,β-unsaturated/α-hetero) is 1. The van der Waals surface area contributed by atoms with Crippen LogP contribution >= 0.6 is 0 Å². The van der Waals surface area contributed by atoms with E-state index in [0.29, 0.717) is 5.56 Å². The molecule has 6 heteroatoms. The number of carbonyl (C=O) groups excluding carboxylic acids is 2. The summed E-state index contributed by atoms with van der Waals surface area (Å²) in [4.78, 5) is 24.6. The first-order chi connectivity index (χ1) is 10.6. The van der Waals surface area contributed by atoms with E-state index in [0.717, 1.165) is 12.8 Å². The van der Waals surface area contributed by atoms with Gasteiger partial charge in [-0.2, -0.15) is 5.10 Å². The van der Waals surface area contributed by atoms with Gasteiger partial charge in [0.1, 0.15) is 17.4 Å². The van der Waals surface area contributed by atoms with Crippen molar-refractivity contribution in [2.24, 2.45) is 11.0 Å². The van der Waals surface area contributed by atoms with Crippen molar-refractivity contribution in [2.75, 3.05) is 13.2 Å². The zero-order chi connectivity index (χ0) is 15.7. The van der Waals surface area contributed by atoms with Crippen LogP contribution < -0.4 is 0 Å². The number of carbonyl (C=O) groups is 2. The number of esters is 1. The predicted molar refractivity (Wildman–Crippen MR) is 77.8 cm³/mol. The van der Waals surface area contributed by atoms with E-state index in [1.54, 1.807) is 11.9 Å². The number of benzene rings is 1. The molecule has 0 radical (unpaired) electrons. The third-order valence-corrected chi connectivity index (χ3v) is 3.81. The highest BCUT2D eigenvalue weighted by Crippen LogP contribution is 2.31. The molecule has 1 saturated carbocycles. The molecule has 1 aliphatic carbocycles. The van der Waals surface area contributed by atoms with Gasteiger partial charge in [-0.15, -0.1) is 0 Å². The van der Waals surface area contributed by atoms with Crippen molar-refractivity contribution >= 4 is 17.5 Å². The fourth-order valence-corrected chi connectivity index (χ4v) is 2.49. The molecule has 3 rings (SSSR count). The van der Waals surface area contributed by atoms with Gasteiger partial charge in [0.2, 0.25) is 0 Å². The minimum absolute atomic E-state index is 0.205. The van der Waals surface area contributed by atoms with E-state index in [1.165, 1.54) is 24.3 Å². The summed E-state index contributed by atoms with van der Waals surface area (Å²) in [6.45, 7) is 2.20. The van der Waals surface area contributed by atoms with Gasteiger partial charge in [-0.3, -0.25) is 14.6 Å². The lowest BCUT2D eigenvalue weighted by molar-refractivity contribution is -0.151. The Balaban J connectivity index is 1.93. The maximum absolute atomic E-state index is 13.1. The molecule has 0 aromatic heterocycles. The molecule has 5 nitrogen and oxygen atoms in total. The zero-order valence-corrected chi connectivity index (χ0v) is 12.3. The highest BCUT2D eigenvalue weighted by Gasteiger charge is 2.41. The van der Waals surface area contributed by atoms with Crippen LogP contribution in [-0.2, 0) is 14.3 Å². The van der Waals surface area contributed by atoms with E-state index < -0.39 is 11.9 Å². The average molecular weight is 304 g/mol. The fraction of sp³-hybridized carbons (Fsp3) is 0.438. The highest BCUT2D eigenvalue weighted by atomic mass is 19.1. The second-order valence-electron chi connectivity index (χ2n) is 5.48. The van der Waals surface area contributed by atoms with Crippen molar-refractivity contribution in [1.82, 2.24) is 5.01 Å². The van der Waals surface area contributed by atoms with Crippen molar-refractivity contribution in [2.45, 2.75) is 25.8 Å². The molecule has 1 fully saturated rings. The number of halogens is 1. The molecule has 1 aromatic rings. The van der Waals surface area contributed by atoms with Crippen LogP contribution in [0.25, 0.3) is 0 Å². The van der Waals surface area contributed by atoms with Crippen molar-refractivity contribution in [3.8, 4) is 0 Å². The first-order valence-electron chi connectivity index (χ1n) is 7.42. The van der Waals surface area contributed by atoms with E-state index in [9.17, 15) is 14.0 Å². The number of nitrogens with zero attached hydrogens (tertiary/aromatic N) is 2. The van der Waals surface area contributed by atoms with Gasteiger partial charge in [0.25, 0.3) is 0 Å². The Hall–Kier alpha value is -2.24. The molecule has 1 aromatic carbocycles. The van der Waals surface area contributed by atoms with Gasteiger partial charge >= 0.3 is 5.97 Å². The van der Waals surface area contributed by atoms with Crippen LogP contribution in [0, 0.1) is 11.7 Å². The van der Waals surface area contributed by atoms with Gasteiger partial charge in [0.05, 0.1) is 13.2 Å². The van der Waals surface area contributed by atoms with E-state index >= 15 is 0 Å². The predicted octanol–water partition coefficient (Wildman–Crippen LogP) is 1.76. The van der Waals surface area contributed by atoms with Crippen LogP contribution in [-0.4, -0.2) is 41.7 Å². The fourth-order valence-electron chi connectivity index (χ4n) is 2.49. The second kappa shape index (κ2) is 5.87. The summed E-state index contributed by atoms with van der Waals surface area (Å²) in [6.07, 6.45) is 2.01. The van der Waals surface area contributed by atoms with Crippen LogP contribution in [0.5, 0.6) is 0 Å². The maximum Gasteiger partial charge on any atom is 0.318 e. The van der Waals surface area contributed by atoms with Gasteiger partial charge in [0.15, 0.2) is 5.78 Å². The summed E-state index contributed by atoms with van der Waals surface area (Å²) in [5, 5.41) is 6.18. The Labute approximate surface area is 127 Å². The van der Waals surface area contributed by atoms with E-state index in [1.807, 2.05) is 0 Å². The third-order valence-electron chi connectivity index (χ3n) is 3.81. The Bertz CT molecular complexity index is 623. The first kappa shape index (κ1) is 14.7. The van der Waals surface area contributed by atoms with E-state index in [-0.39, 0.29) is 36.5 Å². The minimum atomic E-state index is -0.863. The molecule has 0 amide bonds. The van der Waals surface area contributed by atoms with Crippen molar-refractivity contribution in [1.29, 1.82) is 0 Å². The lowest BCUT2D eigenvalue weighted by Crippen LogP contribution is -2.45. The van der Waals surface area contributed by atoms with Gasteiger partial charge in [-0.25, -0.2) is 4.39 Å². The third kappa shape index (κ3) is 2.86. The molecule has 1 aliphatic heterocycles. The van der Waals surface area contributed by atoms with E-state index in [2.05, 4.69) is 5.10 Å². The van der Waals surface area contributed by atoms with Crippen molar-refractivity contribution in [3.05, 3.63) is 35.6 Å². The SMILES string of the molecule is CCOC(=O)C1CN(C2CC2)N=C(c2ccc(F)cc2)C1=O. The Kier molecular flexibility index (Phi) is 3.92. The topological polar surface area (TPSA) is 59.0 Å². The molecule has 0 N–H and O–H groups in total. The molecule has 1 atom stereocenters. The molecular formula is C16H17FN2O3. The van der Waals surface area contributed by atoms with Crippen LogP contribution in [0.3, 0.4) is 0 Å². The summed E-state index contributed by atoms with van der Waals surface area (Å²) in [6, 6.07) is 5.84. The average Bonchev–Trinajstić information content (AvgIpc) is 3.33. The number of rotatable bonds is 4. The number of ketones is 1. The Morgan fingerprint density at radius 1 is 1.36 bits per heavy atom.